The average molecular weight is 295 g/mol. The zero-order valence-electron chi connectivity index (χ0n) is 12.9. The maximum atomic E-state index is 11.9. The molecule has 0 unspecified atom stereocenters. The Labute approximate surface area is 122 Å². The van der Waals surface area contributed by atoms with E-state index in [1.54, 1.807) is 0 Å². The van der Waals surface area contributed by atoms with Crippen LogP contribution in [0.2, 0.25) is 0 Å². The molecule has 0 N–H and O–H groups in total. The third-order valence-corrected chi connectivity index (χ3v) is 6.24. The van der Waals surface area contributed by atoms with Crippen molar-refractivity contribution < 1.29 is 8.42 Å². The molecule has 0 aliphatic heterocycles. The number of aryl methyl sites for hydroxylation is 2. The smallest absolute Gasteiger partial charge is 0.151 e. The van der Waals surface area contributed by atoms with Crippen LogP contribution in [0.3, 0.4) is 0 Å². The summed E-state index contributed by atoms with van der Waals surface area (Å²) in [6, 6.07) is 6.48. The SMILES string of the molecule is Cc1cccc(C)c1CN(C)[C@H]1CCC[C@@H]1S(C)(=O)=O. The molecule has 3 nitrogen and oxygen atoms in total. The monoisotopic (exact) mass is 295 g/mol. The van der Waals surface area contributed by atoms with Gasteiger partial charge in [0.25, 0.3) is 0 Å². The molecule has 1 fully saturated rings. The van der Waals surface area contributed by atoms with Crippen LogP contribution in [0.1, 0.15) is 36.0 Å². The van der Waals surface area contributed by atoms with Gasteiger partial charge in [0.05, 0.1) is 5.25 Å². The van der Waals surface area contributed by atoms with Crippen molar-refractivity contribution in [3.05, 3.63) is 34.9 Å². The van der Waals surface area contributed by atoms with Gasteiger partial charge in [0.15, 0.2) is 9.84 Å². The van der Waals surface area contributed by atoms with Crippen LogP contribution < -0.4 is 0 Å². The zero-order chi connectivity index (χ0) is 14.9. The van der Waals surface area contributed by atoms with Crippen molar-refractivity contribution in [2.45, 2.75) is 50.9 Å². The Kier molecular flexibility index (Phi) is 4.55. The van der Waals surface area contributed by atoms with Crippen LogP contribution in [-0.4, -0.2) is 37.9 Å². The third kappa shape index (κ3) is 3.23. The Hall–Kier alpha value is -0.870. The first kappa shape index (κ1) is 15.5. The minimum Gasteiger partial charge on any atom is -0.298 e. The van der Waals surface area contributed by atoms with Crippen LogP contribution in [-0.2, 0) is 16.4 Å². The first-order valence-electron chi connectivity index (χ1n) is 7.25. The molecule has 0 radical (unpaired) electrons. The van der Waals surface area contributed by atoms with Gasteiger partial charge in [-0.05, 0) is 50.4 Å². The van der Waals surface area contributed by atoms with Gasteiger partial charge in [-0.1, -0.05) is 24.6 Å². The fourth-order valence-corrected chi connectivity index (χ4v) is 4.88. The molecule has 0 bridgehead atoms. The molecular formula is C16H25NO2S. The first-order valence-corrected chi connectivity index (χ1v) is 9.20. The van der Waals surface area contributed by atoms with Gasteiger partial charge in [-0.2, -0.15) is 0 Å². The van der Waals surface area contributed by atoms with Crippen LogP contribution in [0.15, 0.2) is 18.2 Å². The Morgan fingerprint density at radius 3 is 2.35 bits per heavy atom. The summed E-state index contributed by atoms with van der Waals surface area (Å²) in [5, 5.41) is -0.197. The van der Waals surface area contributed by atoms with E-state index in [2.05, 4.69) is 44.0 Å². The fraction of sp³-hybridized carbons (Fsp3) is 0.625. The lowest BCUT2D eigenvalue weighted by Crippen LogP contribution is -2.41. The highest BCUT2D eigenvalue weighted by Gasteiger charge is 2.37. The van der Waals surface area contributed by atoms with Crippen molar-refractivity contribution in [1.29, 1.82) is 0 Å². The molecule has 0 heterocycles. The van der Waals surface area contributed by atoms with Gasteiger partial charge in [-0.3, -0.25) is 4.90 Å². The molecule has 0 saturated heterocycles. The van der Waals surface area contributed by atoms with E-state index in [9.17, 15) is 8.42 Å². The van der Waals surface area contributed by atoms with Gasteiger partial charge in [-0.15, -0.1) is 0 Å². The van der Waals surface area contributed by atoms with Crippen molar-refractivity contribution in [1.82, 2.24) is 4.90 Å². The molecule has 0 aromatic heterocycles. The topological polar surface area (TPSA) is 37.4 Å². The van der Waals surface area contributed by atoms with E-state index in [1.807, 2.05) is 0 Å². The fourth-order valence-electron chi connectivity index (χ4n) is 3.38. The lowest BCUT2D eigenvalue weighted by molar-refractivity contribution is 0.238. The predicted molar refractivity (Wildman–Crippen MR) is 83.7 cm³/mol. The molecule has 0 spiro atoms. The second kappa shape index (κ2) is 5.86. The van der Waals surface area contributed by atoms with E-state index >= 15 is 0 Å². The van der Waals surface area contributed by atoms with E-state index in [0.717, 1.165) is 25.8 Å². The summed E-state index contributed by atoms with van der Waals surface area (Å²) < 4.78 is 23.8. The Morgan fingerprint density at radius 1 is 1.20 bits per heavy atom. The average Bonchev–Trinajstić information content (AvgIpc) is 2.82. The second-order valence-corrected chi connectivity index (χ2v) is 8.42. The molecule has 1 aliphatic rings. The minimum atomic E-state index is -2.95. The maximum Gasteiger partial charge on any atom is 0.151 e. The molecule has 1 aliphatic carbocycles. The maximum absolute atomic E-state index is 11.9. The lowest BCUT2D eigenvalue weighted by atomic mass is 10.0. The molecule has 0 amide bonds. The highest BCUT2D eigenvalue weighted by molar-refractivity contribution is 7.91. The molecule has 2 rings (SSSR count). The summed E-state index contributed by atoms with van der Waals surface area (Å²) in [5.41, 5.74) is 3.89. The molecule has 1 aromatic rings. The molecular weight excluding hydrogens is 270 g/mol. The standard InChI is InChI=1S/C16H25NO2S/c1-12-7-5-8-13(2)14(12)11-17(3)15-9-6-10-16(15)20(4,18)19/h5,7-8,15-16H,6,9-11H2,1-4H3/t15-,16-/m0/s1. The van der Waals surface area contributed by atoms with Gasteiger partial charge in [0.2, 0.25) is 0 Å². The van der Waals surface area contributed by atoms with E-state index in [0.29, 0.717) is 0 Å². The van der Waals surface area contributed by atoms with Crippen molar-refractivity contribution in [3.8, 4) is 0 Å². The van der Waals surface area contributed by atoms with Crippen LogP contribution in [0.5, 0.6) is 0 Å². The highest BCUT2D eigenvalue weighted by Crippen LogP contribution is 2.30. The van der Waals surface area contributed by atoms with Crippen LogP contribution in [0, 0.1) is 13.8 Å². The number of rotatable bonds is 4. The van der Waals surface area contributed by atoms with Gasteiger partial charge in [0.1, 0.15) is 0 Å². The first-order chi connectivity index (χ1) is 9.30. The lowest BCUT2D eigenvalue weighted by Gasteiger charge is -2.29. The van der Waals surface area contributed by atoms with Gasteiger partial charge in [0, 0.05) is 18.8 Å². The summed E-state index contributed by atoms with van der Waals surface area (Å²) in [6.45, 7) is 5.08. The van der Waals surface area contributed by atoms with E-state index < -0.39 is 9.84 Å². The summed E-state index contributed by atoms with van der Waals surface area (Å²) in [6.07, 6.45) is 4.18. The summed E-state index contributed by atoms with van der Waals surface area (Å²) >= 11 is 0. The van der Waals surface area contributed by atoms with Crippen molar-refractivity contribution in [2.75, 3.05) is 13.3 Å². The molecule has 2 atom stereocenters. The van der Waals surface area contributed by atoms with E-state index in [1.165, 1.54) is 22.9 Å². The summed E-state index contributed by atoms with van der Waals surface area (Å²) in [7, 11) is -0.895. The third-order valence-electron chi connectivity index (χ3n) is 4.59. The van der Waals surface area contributed by atoms with Gasteiger partial charge in [-0.25, -0.2) is 8.42 Å². The summed E-state index contributed by atoms with van der Waals surface area (Å²) in [5.74, 6) is 0. The molecule has 1 saturated carbocycles. The van der Waals surface area contributed by atoms with Crippen molar-refractivity contribution in [2.24, 2.45) is 0 Å². The quantitative estimate of drug-likeness (QED) is 0.857. The number of benzene rings is 1. The normalized spacial score (nSPS) is 23.4. The van der Waals surface area contributed by atoms with Crippen LogP contribution in [0.25, 0.3) is 0 Å². The molecule has 4 heteroatoms. The Balaban J connectivity index is 2.18. The number of sulfone groups is 1. The van der Waals surface area contributed by atoms with Crippen molar-refractivity contribution in [3.63, 3.8) is 0 Å². The summed E-state index contributed by atoms with van der Waals surface area (Å²) in [4.78, 5) is 2.23. The Morgan fingerprint density at radius 2 is 1.80 bits per heavy atom. The minimum absolute atomic E-state index is 0.156. The van der Waals surface area contributed by atoms with Gasteiger partial charge >= 0.3 is 0 Å². The number of nitrogens with zero attached hydrogens (tertiary/aromatic N) is 1. The van der Waals surface area contributed by atoms with Crippen LogP contribution in [0.4, 0.5) is 0 Å². The van der Waals surface area contributed by atoms with Crippen LogP contribution >= 0.6 is 0 Å². The predicted octanol–water partition coefficient (Wildman–Crippen LogP) is 2.70. The van der Waals surface area contributed by atoms with Crippen molar-refractivity contribution >= 4 is 9.84 Å². The van der Waals surface area contributed by atoms with E-state index in [4.69, 9.17) is 0 Å². The number of hydrogen-bond donors (Lipinski definition) is 0. The molecule has 112 valence electrons. The second-order valence-electron chi connectivity index (χ2n) is 6.15. The van der Waals surface area contributed by atoms with Gasteiger partial charge < -0.3 is 0 Å². The zero-order valence-corrected chi connectivity index (χ0v) is 13.7. The highest BCUT2D eigenvalue weighted by atomic mass is 32.2. The number of hydrogen-bond acceptors (Lipinski definition) is 3. The Bertz CT molecular complexity index is 560. The molecule has 20 heavy (non-hydrogen) atoms. The largest absolute Gasteiger partial charge is 0.298 e. The molecule has 1 aromatic carbocycles. The van der Waals surface area contributed by atoms with E-state index in [-0.39, 0.29) is 11.3 Å².